The Kier molecular flexibility index (Phi) is 5.47. The highest BCUT2D eigenvalue weighted by Gasteiger charge is 2.25. The van der Waals surface area contributed by atoms with Gasteiger partial charge in [0.25, 0.3) is 5.91 Å². The normalized spacial score (nSPS) is 14.9. The van der Waals surface area contributed by atoms with Gasteiger partial charge >= 0.3 is 0 Å². The number of allylic oxidation sites excluding steroid dienone is 4. The Balaban J connectivity index is 2.45. The SMILES string of the molecule is CC(C)C1=CC(=NC(=O)c2ccccc2Br)C=C(C(C)C)C1=O. The Labute approximate surface area is 145 Å². The van der Waals surface area contributed by atoms with E-state index in [4.69, 9.17) is 0 Å². The van der Waals surface area contributed by atoms with Crippen LogP contribution in [-0.4, -0.2) is 17.4 Å². The van der Waals surface area contributed by atoms with E-state index < -0.39 is 0 Å². The van der Waals surface area contributed by atoms with Gasteiger partial charge < -0.3 is 0 Å². The van der Waals surface area contributed by atoms with Crippen molar-refractivity contribution in [2.45, 2.75) is 27.7 Å². The number of nitrogens with zero attached hydrogens (tertiary/aromatic N) is 1. The molecule has 1 aliphatic rings. The van der Waals surface area contributed by atoms with Crippen LogP contribution in [0.5, 0.6) is 0 Å². The Hall–Kier alpha value is -1.81. The molecule has 1 amide bonds. The first kappa shape index (κ1) is 17.5. The van der Waals surface area contributed by atoms with Gasteiger partial charge in [-0.25, -0.2) is 4.99 Å². The molecule has 0 aliphatic heterocycles. The Morgan fingerprint density at radius 1 is 1.00 bits per heavy atom. The third-order valence-electron chi connectivity index (χ3n) is 3.71. The lowest BCUT2D eigenvalue weighted by Gasteiger charge is -2.19. The van der Waals surface area contributed by atoms with Crippen LogP contribution in [0.1, 0.15) is 38.1 Å². The van der Waals surface area contributed by atoms with Crippen LogP contribution in [0.2, 0.25) is 0 Å². The number of hydrogen-bond acceptors (Lipinski definition) is 2. The number of aliphatic imine (C=N–C) groups is 1. The van der Waals surface area contributed by atoms with Crippen LogP contribution >= 0.6 is 15.9 Å². The highest BCUT2D eigenvalue weighted by molar-refractivity contribution is 9.10. The van der Waals surface area contributed by atoms with Crippen molar-refractivity contribution < 1.29 is 9.59 Å². The molecule has 0 saturated carbocycles. The fraction of sp³-hybridized carbons (Fsp3) is 0.316. The summed E-state index contributed by atoms with van der Waals surface area (Å²) in [6.07, 6.45) is 3.46. The third-order valence-corrected chi connectivity index (χ3v) is 4.40. The number of Topliss-reactive ketones (excluding diaryl/α,β-unsaturated/α-hetero) is 1. The van der Waals surface area contributed by atoms with Crippen LogP contribution in [0, 0.1) is 11.8 Å². The fourth-order valence-corrected chi connectivity index (χ4v) is 2.85. The minimum Gasteiger partial charge on any atom is -0.289 e. The smallest absolute Gasteiger partial charge is 0.278 e. The predicted octanol–water partition coefficient (Wildman–Crippen LogP) is 4.78. The summed E-state index contributed by atoms with van der Waals surface area (Å²) in [6.45, 7) is 7.89. The molecule has 1 aliphatic carbocycles. The summed E-state index contributed by atoms with van der Waals surface area (Å²) in [5.41, 5.74) is 2.46. The zero-order chi connectivity index (χ0) is 17.1. The number of amides is 1. The molecule has 0 fully saturated rings. The maximum atomic E-state index is 12.5. The number of halogens is 1. The lowest BCUT2D eigenvalue weighted by atomic mass is 9.84. The van der Waals surface area contributed by atoms with E-state index in [0.29, 0.717) is 26.9 Å². The predicted molar refractivity (Wildman–Crippen MR) is 96.8 cm³/mol. The Morgan fingerprint density at radius 3 is 2.00 bits per heavy atom. The summed E-state index contributed by atoms with van der Waals surface area (Å²) in [4.78, 5) is 29.1. The molecular formula is C19H20BrNO2. The van der Waals surface area contributed by atoms with Crippen LogP contribution in [0.4, 0.5) is 0 Å². The summed E-state index contributed by atoms with van der Waals surface area (Å²) in [6, 6.07) is 7.18. The van der Waals surface area contributed by atoms with Crippen LogP contribution in [-0.2, 0) is 4.79 Å². The van der Waals surface area contributed by atoms with Gasteiger partial charge in [-0.05, 0) is 52.1 Å². The molecule has 0 unspecified atom stereocenters. The second-order valence-electron chi connectivity index (χ2n) is 6.16. The number of carbonyl (C=O) groups excluding carboxylic acids is 2. The number of hydrogen-bond donors (Lipinski definition) is 0. The average molecular weight is 374 g/mol. The van der Waals surface area contributed by atoms with E-state index in [1.54, 1.807) is 24.3 Å². The molecule has 0 saturated heterocycles. The van der Waals surface area contributed by atoms with Crippen molar-refractivity contribution in [3.05, 3.63) is 57.6 Å². The summed E-state index contributed by atoms with van der Waals surface area (Å²) < 4.78 is 0.711. The minimum absolute atomic E-state index is 0.0577. The molecule has 0 bridgehead atoms. The highest BCUT2D eigenvalue weighted by atomic mass is 79.9. The van der Waals surface area contributed by atoms with Gasteiger partial charge in [0.15, 0.2) is 5.78 Å². The van der Waals surface area contributed by atoms with Gasteiger partial charge in [0, 0.05) is 15.6 Å². The Bertz CT molecular complexity index is 709. The van der Waals surface area contributed by atoms with E-state index in [2.05, 4.69) is 20.9 Å². The first-order chi connectivity index (χ1) is 10.8. The molecule has 1 aromatic rings. The van der Waals surface area contributed by atoms with Crippen LogP contribution in [0.3, 0.4) is 0 Å². The van der Waals surface area contributed by atoms with E-state index in [1.807, 2.05) is 39.8 Å². The molecular weight excluding hydrogens is 354 g/mol. The molecule has 0 heterocycles. The lowest BCUT2D eigenvalue weighted by Crippen LogP contribution is -2.21. The van der Waals surface area contributed by atoms with Crippen molar-refractivity contribution in [2.75, 3.05) is 0 Å². The first-order valence-corrected chi connectivity index (χ1v) is 8.46. The molecule has 0 aromatic heterocycles. The summed E-state index contributed by atoms with van der Waals surface area (Å²) in [5.74, 6) is -0.0785. The Morgan fingerprint density at radius 2 is 1.52 bits per heavy atom. The third kappa shape index (κ3) is 3.94. The first-order valence-electron chi connectivity index (χ1n) is 7.66. The standard InChI is InChI=1S/C19H20BrNO2/c1-11(2)15-9-13(10-16(12(3)4)18(15)22)21-19(23)14-7-5-6-8-17(14)20/h5-12H,1-4H3. The van der Waals surface area contributed by atoms with Gasteiger partial charge in [-0.3, -0.25) is 9.59 Å². The molecule has 0 spiro atoms. The minimum atomic E-state index is -0.319. The van der Waals surface area contributed by atoms with Crippen LogP contribution in [0.15, 0.2) is 57.0 Å². The lowest BCUT2D eigenvalue weighted by molar-refractivity contribution is -0.113. The molecule has 0 radical (unpaired) electrons. The van der Waals surface area contributed by atoms with Crippen LogP contribution < -0.4 is 0 Å². The molecule has 1 aromatic carbocycles. The van der Waals surface area contributed by atoms with Crippen molar-refractivity contribution >= 4 is 33.3 Å². The summed E-state index contributed by atoms with van der Waals surface area (Å²) in [5, 5.41) is 0. The number of ketones is 1. The highest BCUT2D eigenvalue weighted by Crippen LogP contribution is 2.25. The molecule has 23 heavy (non-hydrogen) atoms. The van der Waals surface area contributed by atoms with E-state index in [-0.39, 0.29) is 23.5 Å². The van der Waals surface area contributed by atoms with Crippen molar-refractivity contribution in [3.63, 3.8) is 0 Å². The van der Waals surface area contributed by atoms with E-state index in [0.717, 1.165) is 0 Å². The van der Waals surface area contributed by atoms with Crippen molar-refractivity contribution in [2.24, 2.45) is 16.8 Å². The van der Waals surface area contributed by atoms with E-state index >= 15 is 0 Å². The van der Waals surface area contributed by atoms with Crippen molar-refractivity contribution in [1.29, 1.82) is 0 Å². The molecule has 2 rings (SSSR count). The summed E-state index contributed by atoms with van der Waals surface area (Å²) in [7, 11) is 0. The second-order valence-corrected chi connectivity index (χ2v) is 7.01. The molecule has 120 valence electrons. The zero-order valence-electron chi connectivity index (χ0n) is 13.8. The number of benzene rings is 1. The van der Waals surface area contributed by atoms with Gasteiger partial charge in [-0.1, -0.05) is 39.8 Å². The van der Waals surface area contributed by atoms with Gasteiger partial charge in [0.1, 0.15) is 0 Å². The average Bonchev–Trinajstić information content (AvgIpc) is 2.48. The molecule has 0 N–H and O–H groups in total. The van der Waals surface area contributed by atoms with Gasteiger partial charge in [0.2, 0.25) is 0 Å². The molecule has 0 atom stereocenters. The van der Waals surface area contributed by atoms with Crippen LogP contribution in [0.25, 0.3) is 0 Å². The zero-order valence-corrected chi connectivity index (χ0v) is 15.3. The van der Waals surface area contributed by atoms with Gasteiger partial charge in [-0.2, -0.15) is 0 Å². The molecule has 3 nitrogen and oxygen atoms in total. The number of rotatable bonds is 3. The quantitative estimate of drug-likeness (QED) is 0.715. The van der Waals surface area contributed by atoms with Crippen molar-refractivity contribution in [1.82, 2.24) is 0 Å². The van der Waals surface area contributed by atoms with E-state index in [1.165, 1.54) is 0 Å². The largest absolute Gasteiger partial charge is 0.289 e. The number of carbonyl (C=O) groups is 2. The van der Waals surface area contributed by atoms with Gasteiger partial charge in [-0.15, -0.1) is 0 Å². The monoisotopic (exact) mass is 373 g/mol. The second kappa shape index (κ2) is 7.18. The topological polar surface area (TPSA) is 46.5 Å². The fourth-order valence-electron chi connectivity index (χ4n) is 2.39. The van der Waals surface area contributed by atoms with Crippen molar-refractivity contribution in [3.8, 4) is 0 Å². The maximum Gasteiger partial charge on any atom is 0.278 e. The molecule has 4 heteroatoms. The van der Waals surface area contributed by atoms with Gasteiger partial charge in [0.05, 0.1) is 11.3 Å². The summed E-state index contributed by atoms with van der Waals surface area (Å²) >= 11 is 3.37. The van der Waals surface area contributed by atoms with E-state index in [9.17, 15) is 9.59 Å². The maximum absolute atomic E-state index is 12.5.